The summed E-state index contributed by atoms with van der Waals surface area (Å²) in [5.41, 5.74) is 2.64. The number of para-hydroxylation sites is 1. The van der Waals surface area contributed by atoms with Crippen molar-refractivity contribution in [1.82, 2.24) is 9.55 Å². The highest BCUT2D eigenvalue weighted by Crippen LogP contribution is 2.33. The fourth-order valence-corrected chi connectivity index (χ4v) is 3.68. The van der Waals surface area contributed by atoms with Crippen LogP contribution >= 0.6 is 12.2 Å². The molecule has 0 spiro atoms. The minimum absolute atomic E-state index is 0.468. The number of aromatic amines is 1. The lowest BCUT2D eigenvalue weighted by Gasteiger charge is -2.17. The summed E-state index contributed by atoms with van der Waals surface area (Å²) in [6.45, 7) is 2.34. The molecule has 20 heavy (non-hydrogen) atoms. The molecule has 2 atom stereocenters. The second-order valence-corrected chi connectivity index (χ2v) is 6.27. The van der Waals surface area contributed by atoms with Gasteiger partial charge in [0.1, 0.15) is 6.07 Å². The van der Waals surface area contributed by atoms with E-state index < -0.39 is 0 Å². The summed E-state index contributed by atoms with van der Waals surface area (Å²) in [7, 11) is 0. The topological polar surface area (TPSA) is 44.5 Å². The molecular weight excluding hydrogens is 266 g/mol. The molecule has 2 unspecified atom stereocenters. The molecule has 1 saturated carbocycles. The predicted molar refractivity (Wildman–Crippen MR) is 83.1 cm³/mol. The van der Waals surface area contributed by atoms with Gasteiger partial charge in [0.2, 0.25) is 0 Å². The van der Waals surface area contributed by atoms with E-state index in [1.54, 1.807) is 0 Å². The number of nitrogens with one attached hydrogen (secondary N) is 1. The molecule has 1 aromatic heterocycles. The zero-order valence-electron chi connectivity index (χ0n) is 11.7. The lowest BCUT2D eigenvalue weighted by molar-refractivity contribution is 0.438. The number of hydrogen-bond acceptors (Lipinski definition) is 2. The second kappa shape index (κ2) is 5.41. The third-order valence-corrected chi connectivity index (χ3v) is 4.76. The first-order valence-corrected chi connectivity index (χ1v) is 7.75. The Labute approximate surface area is 124 Å². The van der Waals surface area contributed by atoms with E-state index in [1.165, 1.54) is 32.1 Å². The molecule has 3 rings (SSSR count). The summed E-state index contributed by atoms with van der Waals surface area (Å²) in [4.78, 5) is 3.23. The summed E-state index contributed by atoms with van der Waals surface area (Å²) in [5.74, 6) is 0.814. The smallest absolute Gasteiger partial charge is 0.178 e. The fourth-order valence-electron chi connectivity index (χ4n) is 3.33. The van der Waals surface area contributed by atoms with E-state index in [0.717, 1.165) is 21.7 Å². The van der Waals surface area contributed by atoms with Gasteiger partial charge in [0.25, 0.3) is 0 Å². The van der Waals surface area contributed by atoms with Crippen molar-refractivity contribution in [2.45, 2.75) is 45.1 Å². The second-order valence-electron chi connectivity index (χ2n) is 5.88. The SMILES string of the molecule is CC1CCCC(n2c(=S)[nH]c3c(C#N)cccc32)CC1. The van der Waals surface area contributed by atoms with E-state index in [2.05, 4.69) is 28.6 Å². The van der Waals surface area contributed by atoms with Crippen LogP contribution in [0, 0.1) is 22.0 Å². The third-order valence-electron chi connectivity index (χ3n) is 4.47. The highest BCUT2D eigenvalue weighted by molar-refractivity contribution is 7.71. The van der Waals surface area contributed by atoms with Gasteiger partial charge in [-0.3, -0.25) is 0 Å². The highest BCUT2D eigenvalue weighted by atomic mass is 32.1. The van der Waals surface area contributed by atoms with Crippen molar-refractivity contribution < 1.29 is 0 Å². The maximum Gasteiger partial charge on any atom is 0.178 e. The van der Waals surface area contributed by atoms with Crippen molar-refractivity contribution in [3.63, 3.8) is 0 Å². The summed E-state index contributed by atoms with van der Waals surface area (Å²) in [6.07, 6.45) is 6.20. The Morgan fingerprint density at radius 1 is 1.30 bits per heavy atom. The van der Waals surface area contributed by atoms with Gasteiger partial charge >= 0.3 is 0 Å². The van der Waals surface area contributed by atoms with Crippen LogP contribution in [0.5, 0.6) is 0 Å². The number of rotatable bonds is 1. The van der Waals surface area contributed by atoms with Crippen molar-refractivity contribution in [2.75, 3.05) is 0 Å². The minimum Gasteiger partial charge on any atom is -0.329 e. The van der Waals surface area contributed by atoms with Gasteiger partial charge in [-0.1, -0.05) is 25.8 Å². The van der Waals surface area contributed by atoms with E-state index in [4.69, 9.17) is 12.2 Å². The highest BCUT2D eigenvalue weighted by Gasteiger charge is 2.20. The molecule has 1 aromatic carbocycles. The van der Waals surface area contributed by atoms with Crippen LogP contribution in [-0.4, -0.2) is 9.55 Å². The average molecular weight is 285 g/mol. The number of nitriles is 1. The largest absolute Gasteiger partial charge is 0.329 e. The maximum absolute atomic E-state index is 9.21. The number of nitrogens with zero attached hydrogens (tertiary/aromatic N) is 2. The first-order chi connectivity index (χ1) is 9.70. The van der Waals surface area contributed by atoms with E-state index in [9.17, 15) is 5.26 Å². The Hall–Kier alpha value is -1.60. The molecule has 1 N–H and O–H groups in total. The zero-order chi connectivity index (χ0) is 14.1. The maximum atomic E-state index is 9.21. The summed E-state index contributed by atoms with van der Waals surface area (Å²) in [5, 5.41) is 9.21. The first kappa shape index (κ1) is 13.4. The van der Waals surface area contributed by atoms with Crippen LogP contribution in [0.25, 0.3) is 11.0 Å². The van der Waals surface area contributed by atoms with Gasteiger partial charge in [-0.05, 0) is 49.5 Å². The summed E-state index contributed by atoms with van der Waals surface area (Å²) < 4.78 is 2.99. The van der Waals surface area contributed by atoms with Gasteiger partial charge in [-0.25, -0.2) is 0 Å². The van der Waals surface area contributed by atoms with Crippen LogP contribution in [0.3, 0.4) is 0 Å². The quantitative estimate of drug-likeness (QED) is 0.609. The van der Waals surface area contributed by atoms with Gasteiger partial charge in [0.05, 0.1) is 16.6 Å². The van der Waals surface area contributed by atoms with Crippen molar-refractivity contribution >= 4 is 23.3 Å². The lowest BCUT2D eigenvalue weighted by atomic mass is 10.0. The number of benzene rings is 1. The summed E-state index contributed by atoms with van der Waals surface area (Å²) in [6, 6.07) is 8.56. The molecule has 1 aliphatic rings. The van der Waals surface area contributed by atoms with Crippen molar-refractivity contribution in [1.29, 1.82) is 5.26 Å². The van der Waals surface area contributed by atoms with Crippen LogP contribution in [0.1, 0.15) is 50.6 Å². The Morgan fingerprint density at radius 2 is 2.15 bits per heavy atom. The molecule has 0 bridgehead atoms. The Balaban J connectivity index is 2.10. The molecule has 1 heterocycles. The normalized spacial score (nSPS) is 23.4. The number of imidazole rings is 1. The van der Waals surface area contributed by atoms with Gasteiger partial charge in [0.15, 0.2) is 4.77 Å². The molecular formula is C16H19N3S. The first-order valence-electron chi connectivity index (χ1n) is 7.34. The van der Waals surface area contributed by atoms with Gasteiger partial charge in [0, 0.05) is 6.04 Å². The molecule has 0 amide bonds. The Bertz CT molecular complexity index is 719. The van der Waals surface area contributed by atoms with Crippen LogP contribution in [0.4, 0.5) is 0 Å². The number of hydrogen-bond donors (Lipinski definition) is 1. The predicted octanol–water partition coefficient (Wildman–Crippen LogP) is 4.71. The van der Waals surface area contributed by atoms with Gasteiger partial charge in [-0.2, -0.15) is 5.26 Å². The number of aromatic nitrogens is 2. The summed E-state index contributed by atoms with van der Waals surface area (Å²) >= 11 is 5.51. The Morgan fingerprint density at radius 3 is 2.95 bits per heavy atom. The van der Waals surface area contributed by atoms with Gasteiger partial charge < -0.3 is 9.55 Å². The van der Waals surface area contributed by atoms with E-state index in [0.29, 0.717) is 11.6 Å². The van der Waals surface area contributed by atoms with E-state index in [-0.39, 0.29) is 0 Å². The van der Waals surface area contributed by atoms with Crippen LogP contribution in [0.2, 0.25) is 0 Å². The van der Waals surface area contributed by atoms with Crippen LogP contribution < -0.4 is 0 Å². The minimum atomic E-state index is 0.468. The molecule has 1 fully saturated rings. The Kier molecular flexibility index (Phi) is 3.62. The standard InChI is InChI=1S/C16H19N3S/c1-11-4-2-6-13(9-8-11)19-14-7-3-5-12(10-17)15(14)18-16(19)20/h3,5,7,11,13H,2,4,6,8-9H2,1H3,(H,18,20). The van der Waals surface area contributed by atoms with Crippen molar-refractivity contribution in [2.24, 2.45) is 5.92 Å². The van der Waals surface area contributed by atoms with E-state index in [1.807, 2.05) is 12.1 Å². The molecule has 3 nitrogen and oxygen atoms in total. The average Bonchev–Trinajstić information content (AvgIpc) is 2.63. The molecule has 4 heteroatoms. The van der Waals surface area contributed by atoms with Gasteiger partial charge in [-0.15, -0.1) is 0 Å². The molecule has 0 radical (unpaired) electrons. The van der Waals surface area contributed by atoms with Crippen LogP contribution in [-0.2, 0) is 0 Å². The molecule has 104 valence electrons. The number of fused-ring (bicyclic) bond motifs is 1. The van der Waals surface area contributed by atoms with Crippen molar-refractivity contribution in [3.05, 3.63) is 28.5 Å². The number of H-pyrrole nitrogens is 1. The zero-order valence-corrected chi connectivity index (χ0v) is 12.5. The molecule has 0 saturated heterocycles. The van der Waals surface area contributed by atoms with Crippen molar-refractivity contribution in [3.8, 4) is 6.07 Å². The third kappa shape index (κ3) is 2.27. The fraction of sp³-hybridized carbons (Fsp3) is 0.500. The molecule has 0 aliphatic heterocycles. The van der Waals surface area contributed by atoms with Crippen LogP contribution in [0.15, 0.2) is 18.2 Å². The monoisotopic (exact) mass is 285 g/mol. The van der Waals surface area contributed by atoms with E-state index >= 15 is 0 Å². The molecule has 1 aliphatic carbocycles. The molecule has 2 aromatic rings. The lowest BCUT2D eigenvalue weighted by Crippen LogP contribution is -2.08.